The number of hydrogen-bond donors (Lipinski definition) is 3. The largest absolute Gasteiger partial charge is 0.478 e. The van der Waals surface area contributed by atoms with E-state index < -0.39 is 29.6 Å². The van der Waals surface area contributed by atoms with Gasteiger partial charge in [-0.05, 0) is 31.8 Å². The smallest absolute Gasteiger partial charge is 0.331 e. The topological polar surface area (TPSA) is 95.9 Å². The molecule has 0 saturated heterocycles. The van der Waals surface area contributed by atoms with Gasteiger partial charge in [0, 0.05) is 18.4 Å². The Morgan fingerprint density at radius 3 is 2.59 bits per heavy atom. The lowest BCUT2D eigenvalue weighted by atomic mass is 9.78. The van der Waals surface area contributed by atoms with Crippen LogP contribution in [0.15, 0.2) is 11.6 Å². The standard InChI is InChI=1S/C16H25NO5/c1-4-10(5-2)22-13-8-12(15(20)21)11-6-7-16(13,14(11)19)17-9(3)18/h8,10-11,13-14,19H,4-7H2,1-3H3,(H,17,18)(H,20,21)/t11-,13+,14-,16-/m0/s1. The number of carboxylic acid groups (broad SMARTS) is 1. The third-order valence-electron chi connectivity index (χ3n) is 4.92. The molecule has 3 N–H and O–H groups in total. The zero-order chi connectivity index (χ0) is 16.5. The summed E-state index contributed by atoms with van der Waals surface area (Å²) >= 11 is 0. The van der Waals surface area contributed by atoms with Crippen LogP contribution in [-0.2, 0) is 14.3 Å². The van der Waals surface area contributed by atoms with E-state index in [1.807, 2.05) is 13.8 Å². The zero-order valence-corrected chi connectivity index (χ0v) is 13.3. The predicted molar refractivity (Wildman–Crippen MR) is 80.2 cm³/mol. The molecule has 2 aliphatic rings. The molecule has 0 aromatic heterocycles. The van der Waals surface area contributed by atoms with Crippen molar-refractivity contribution in [2.75, 3.05) is 0 Å². The van der Waals surface area contributed by atoms with Gasteiger partial charge in [0.2, 0.25) is 5.91 Å². The average Bonchev–Trinajstić information content (AvgIpc) is 2.68. The fraction of sp³-hybridized carbons (Fsp3) is 0.750. The molecule has 4 atom stereocenters. The molecule has 2 rings (SSSR count). The lowest BCUT2D eigenvalue weighted by molar-refractivity contribution is -0.136. The van der Waals surface area contributed by atoms with Crippen LogP contribution in [0.4, 0.5) is 0 Å². The SMILES string of the molecule is CCC(CC)O[C@@H]1C=C(C(=O)O)[C@@H]2CC[C@@]1(NC(C)=O)[C@H]2O. The first kappa shape index (κ1) is 17.0. The molecular weight excluding hydrogens is 286 g/mol. The van der Waals surface area contributed by atoms with Crippen LogP contribution in [0, 0.1) is 5.92 Å². The van der Waals surface area contributed by atoms with Gasteiger partial charge in [-0.3, -0.25) is 4.79 Å². The first-order valence-electron chi connectivity index (χ1n) is 7.93. The van der Waals surface area contributed by atoms with Crippen molar-refractivity contribution in [1.82, 2.24) is 5.32 Å². The van der Waals surface area contributed by atoms with E-state index in [2.05, 4.69) is 5.32 Å². The van der Waals surface area contributed by atoms with E-state index in [1.165, 1.54) is 6.92 Å². The van der Waals surface area contributed by atoms with Gasteiger partial charge in [0.25, 0.3) is 0 Å². The number of aliphatic hydroxyl groups is 1. The van der Waals surface area contributed by atoms with Gasteiger partial charge in [0.05, 0.1) is 17.7 Å². The highest BCUT2D eigenvalue weighted by molar-refractivity contribution is 5.88. The maximum atomic E-state index is 11.6. The molecule has 22 heavy (non-hydrogen) atoms. The Labute approximate surface area is 130 Å². The second-order valence-electron chi connectivity index (χ2n) is 6.23. The normalized spacial score (nSPS) is 33.7. The average molecular weight is 311 g/mol. The third kappa shape index (κ3) is 2.77. The van der Waals surface area contributed by atoms with Crippen LogP contribution in [-0.4, -0.2) is 45.9 Å². The van der Waals surface area contributed by atoms with Gasteiger partial charge in [0.1, 0.15) is 6.10 Å². The highest BCUT2D eigenvalue weighted by Gasteiger charge is 2.58. The maximum Gasteiger partial charge on any atom is 0.331 e. The van der Waals surface area contributed by atoms with Gasteiger partial charge < -0.3 is 20.3 Å². The second kappa shape index (κ2) is 6.38. The van der Waals surface area contributed by atoms with E-state index in [9.17, 15) is 19.8 Å². The molecule has 0 aromatic carbocycles. The first-order chi connectivity index (χ1) is 10.4. The van der Waals surface area contributed by atoms with E-state index in [1.54, 1.807) is 6.08 Å². The van der Waals surface area contributed by atoms with Gasteiger partial charge in [-0.1, -0.05) is 13.8 Å². The lowest BCUT2D eigenvalue weighted by Gasteiger charge is -2.44. The Kier molecular flexibility index (Phi) is 4.92. The maximum absolute atomic E-state index is 11.6. The fourth-order valence-electron chi connectivity index (χ4n) is 3.74. The number of carbonyl (C=O) groups excluding carboxylic acids is 1. The predicted octanol–water partition coefficient (Wildman–Crippen LogP) is 1.23. The van der Waals surface area contributed by atoms with Gasteiger partial charge in [-0.2, -0.15) is 0 Å². The quantitative estimate of drug-likeness (QED) is 0.685. The Morgan fingerprint density at radius 1 is 1.45 bits per heavy atom. The molecule has 0 aromatic rings. The molecule has 124 valence electrons. The van der Waals surface area contributed by atoms with Crippen LogP contribution in [0.1, 0.15) is 46.5 Å². The molecule has 2 aliphatic carbocycles. The number of rotatable bonds is 6. The molecule has 0 unspecified atom stereocenters. The van der Waals surface area contributed by atoms with Crippen LogP contribution >= 0.6 is 0 Å². The zero-order valence-electron chi connectivity index (χ0n) is 13.3. The summed E-state index contributed by atoms with van der Waals surface area (Å²) in [6.07, 6.45) is 2.61. The van der Waals surface area contributed by atoms with Crippen LogP contribution in [0.3, 0.4) is 0 Å². The van der Waals surface area contributed by atoms with Crippen molar-refractivity contribution in [2.45, 2.75) is 70.3 Å². The van der Waals surface area contributed by atoms with Gasteiger partial charge in [-0.15, -0.1) is 0 Å². The van der Waals surface area contributed by atoms with Gasteiger partial charge in [-0.25, -0.2) is 4.79 Å². The Hall–Kier alpha value is -1.40. The lowest BCUT2D eigenvalue weighted by Crippen LogP contribution is -2.64. The molecule has 1 saturated carbocycles. The van der Waals surface area contributed by atoms with Crippen molar-refractivity contribution in [2.24, 2.45) is 5.92 Å². The number of carbonyl (C=O) groups is 2. The molecule has 0 spiro atoms. The number of fused-ring (bicyclic) bond motifs is 2. The Bertz CT molecular complexity index is 485. The number of aliphatic hydroxyl groups excluding tert-OH is 1. The number of carboxylic acids is 1. The van der Waals surface area contributed by atoms with Crippen LogP contribution in [0.5, 0.6) is 0 Å². The summed E-state index contributed by atoms with van der Waals surface area (Å²) in [4.78, 5) is 23.1. The number of hydrogen-bond acceptors (Lipinski definition) is 4. The van der Waals surface area contributed by atoms with Crippen LogP contribution in [0.25, 0.3) is 0 Å². The molecule has 6 heteroatoms. The highest BCUT2D eigenvalue weighted by atomic mass is 16.5. The molecule has 2 bridgehead atoms. The van der Waals surface area contributed by atoms with E-state index in [0.717, 1.165) is 12.8 Å². The summed E-state index contributed by atoms with van der Waals surface area (Å²) in [7, 11) is 0. The molecular formula is C16H25NO5. The summed E-state index contributed by atoms with van der Waals surface area (Å²) in [5, 5.41) is 22.9. The van der Waals surface area contributed by atoms with Crippen molar-refractivity contribution < 1.29 is 24.5 Å². The highest BCUT2D eigenvalue weighted by Crippen LogP contribution is 2.47. The summed E-state index contributed by atoms with van der Waals surface area (Å²) in [6, 6.07) is 0. The van der Waals surface area contributed by atoms with Crippen molar-refractivity contribution in [1.29, 1.82) is 0 Å². The minimum atomic E-state index is -1.03. The van der Waals surface area contributed by atoms with E-state index in [-0.39, 0.29) is 17.6 Å². The molecule has 0 radical (unpaired) electrons. The van der Waals surface area contributed by atoms with E-state index >= 15 is 0 Å². The number of aliphatic carboxylic acids is 1. The minimum absolute atomic E-state index is 0.0359. The van der Waals surface area contributed by atoms with Crippen LogP contribution in [0.2, 0.25) is 0 Å². The fourth-order valence-corrected chi connectivity index (χ4v) is 3.74. The van der Waals surface area contributed by atoms with Gasteiger partial charge in [0.15, 0.2) is 0 Å². The number of ether oxygens (including phenoxy) is 1. The second-order valence-corrected chi connectivity index (χ2v) is 6.23. The molecule has 0 heterocycles. The molecule has 1 fully saturated rings. The minimum Gasteiger partial charge on any atom is -0.478 e. The van der Waals surface area contributed by atoms with Crippen molar-refractivity contribution in [3.63, 3.8) is 0 Å². The Balaban J connectivity index is 2.40. The number of amides is 1. The summed E-state index contributed by atoms with van der Waals surface area (Å²) in [5.74, 6) is -1.73. The van der Waals surface area contributed by atoms with Crippen molar-refractivity contribution in [3.05, 3.63) is 11.6 Å². The van der Waals surface area contributed by atoms with Crippen molar-refractivity contribution in [3.8, 4) is 0 Å². The van der Waals surface area contributed by atoms with Crippen molar-refractivity contribution >= 4 is 11.9 Å². The van der Waals surface area contributed by atoms with E-state index in [0.29, 0.717) is 12.8 Å². The van der Waals surface area contributed by atoms with Gasteiger partial charge >= 0.3 is 5.97 Å². The Morgan fingerprint density at radius 2 is 2.09 bits per heavy atom. The summed E-state index contributed by atoms with van der Waals surface area (Å²) < 4.78 is 6.06. The third-order valence-corrected chi connectivity index (χ3v) is 4.92. The van der Waals surface area contributed by atoms with Crippen LogP contribution < -0.4 is 5.32 Å². The first-order valence-corrected chi connectivity index (χ1v) is 7.93. The molecule has 1 amide bonds. The van der Waals surface area contributed by atoms with E-state index in [4.69, 9.17) is 4.74 Å². The molecule has 6 nitrogen and oxygen atoms in total. The monoisotopic (exact) mass is 311 g/mol. The summed E-state index contributed by atoms with van der Waals surface area (Å²) in [5.41, 5.74) is -0.722. The number of nitrogens with one attached hydrogen (secondary N) is 1. The molecule has 0 aliphatic heterocycles. The summed E-state index contributed by atoms with van der Waals surface area (Å²) in [6.45, 7) is 5.40.